The average molecular weight is 981 g/mol. The molecule has 0 spiro atoms. The number of nitrogens with zero attached hydrogens (tertiary/aromatic N) is 4. The van der Waals surface area contributed by atoms with E-state index in [9.17, 15) is 33.9 Å². The number of esters is 1. The Balaban J connectivity index is 0.000000308. The van der Waals surface area contributed by atoms with Crippen molar-refractivity contribution in [1.82, 2.24) is 29.7 Å². The van der Waals surface area contributed by atoms with E-state index < -0.39 is 42.0 Å². The van der Waals surface area contributed by atoms with Gasteiger partial charge in [-0.05, 0) is 133 Å². The van der Waals surface area contributed by atoms with Gasteiger partial charge in [-0.1, -0.05) is 84.4 Å². The van der Waals surface area contributed by atoms with E-state index in [1.807, 2.05) is 124 Å². The molecule has 4 unspecified atom stereocenters. The van der Waals surface area contributed by atoms with Gasteiger partial charge in [-0.3, -0.25) is 38.7 Å². The summed E-state index contributed by atoms with van der Waals surface area (Å²) in [4.78, 5) is 85.4. The minimum atomic E-state index is -1.04. The highest BCUT2D eigenvalue weighted by Gasteiger charge is 2.32. The Morgan fingerprint density at radius 3 is 1.31 bits per heavy atom. The molecule has 0 aliphatic carbocycles. The van der Waals surface area contributed by atoms with E-state index in [0.717, 1.165) is 55.6 Å². The van der Waals surface area contributed by atoms with E-state index in [0.29, 0.717) is 24.0 Å². The van der Waals surface area contributed by atoms with Crippen molar-refractivity contribution in [2.45, 2.75) is 127 Å². The average Bonchev–Trinajstić information content (AvgIpc) is 3.32. The third kappa shape index (κ3) is 14.3. The molecule has 4 heterocycles. The van der Waals surface area contributed by atoms with Crippen molar-refractivity contribution in [2.24, 2.45) is 11.8 Å². The molecule has 0 fully saturated rings. The number of ether oxygens (including phenoxy) is 1. The van der Waals surface area contributed by atoms with E-state index in [2.05, 4.69) is 20.6 Å². The first-order valence-corrected chi connectivity index (χ1v) is 24.1. The fraction of sp³-hybridized carbons (Fsp3) is 0.379. The molecule has 2 aromatic carbocycles. The van der Waals surface area contributed by atoms with Crippen LogP contribution in [0, 0.1) is 53.4 Å². The van der Waals surface area contributed by atoms with Crippen molar-refractivity contribution in [3.63, 3.8) is 0 Å². The zero-order chi connectivity index (χ0) is 52.1. The van der Waals surface area contributed by atoms with Gasteiger partial charge in [0.1, 0.15) is 12.1 Å². The lowest BCUT2D eigenvalue weighted by Gasteiger charge is -2.27. The van der Waals surface area contributed by atoms with Crippen LogP contribution in [0.5, 0.6) is 0 Å². The van der Waals surface area contributed by atoms with E-state index in [-0.39, 0.29) is 49.1 Å². The van der Waals surface area contributed by atoms with Crippen molar-refractivity contribution < 1.29 is 29.0 Å². The molecule has 0 saturated heterocycles. The zero-order valence-corrected chi connectivity index (χ0v) is 42.8. The van der Waals surface area contributed by atoms with Crippen LogP contribution in [-0.2, 0) is 23.9 Å². The fourth-order valence-corrected chi connectivity index (χ4v) is 8.95. The van der Waals surface area contributed by atoms with Crippen LogP contribution in [-0.4, -0.2) is 55.1 Å². The minimum Gasteiger partial charge on any atom is -0.481 e. The maximum atomic E-state index is 13.7. The molecule has 0 saturated carbocycles. The maximum absolute atomic E-state index is 13.7. The van der Waals surface area contributed by atoms with Crippen LogP contribution in [0.1, 0.15) is 129 Å². The molecule has 2 amide bonds. The third-order valence-electron chi connectivity index (χ3n) is 13.2. The van der Waals surface area contributed by atoms with E-state index >= 15 is 0 Å². The first-order valence-electron chi connectivity index (χ1n) is 24.1. The number of aryl methyl sites for hydroxylation is 6. The number of amides is 2. The van der Waals surface area contributed by atoms with Gasteiger partial charge in [-0.25, -0.2) is 0 Å². The third-order valence-corrected chi connectivity index (χ3v) is 13.2. The number of rotatable bonds is 18. The summed E-state index contributed by atoms with van der Waals surface area (Å²) in [6.45, 7) is 19.6. The normalized spacial score (nSPS) is 13.4. The fourth-order valence-electron chi connectivity index (χ4n) is 8.95. The Morgan fingerprint density at radius 2 is 0.972 bits per heavy atom. The second-order valence-electron chi connectivity index (χ2n) is 18.6. The number of aliphatic carboxylic acids is 1. The maximum Gasteiger partial charge on any atom is 0.307 e. The molecule has 72 heavy (non-hydrogen) atoms. The number of methoxy groups -OCH3 is 1. The summed E-state index contributed by atoms with van der Waals surface area (Å²) >= 11 is 0. The number of carbonyl (C=O) groups is 4. The van der Waals surface area contributed by atoms with Crippen LogP contribution in [0.3, 0.4) is 0 Å². The lowest BCUT2D eigenvalue weighted by Crippen LogP contribution is -2.42. The van der Waals surface area contributed by atoms with Crippen molar-refractivity contribution >= 4 is 23.8 Å². The topological polar surface area (TPSA) is 192 Å². The summed E-state index contributed by atoms with van der Waals surface area (Å²) < 4.78 is 7.82. The molecule has 14 nitrogen and oxygen atoms in total. The Hall–Kier alpha value is -7.48. The number of hydrogen-bond donors (Lipinski definition) is 3. The number of carboxylic acid groups (broad SMARTS) is 1. The standard InChI is InChI=1S/C29H35N3O4.C28H33N3O4.CH4/c1-7-19(3)28(32-12-11-18(2)13-25(32)33)29(35)31-24(15-26(34)36-6)22-14-23(17-30-16-22)27-20(4)9-8-10-21(27)5;1-6-18(3)27(31-11-10-17(2)12-24(31)32)28(35)30-23(14-25(33)34)21-13-22(16-29-15-21)26-19(4)8-7-9-20(26)5;/h8-14,16-17,19,24,28H,7,15H2,1-6H3,(H,31,35);7-13,15-16,18,23,27H,6,14H2,1-5H3,(H,30,35)(H,33,34);1H4/t19?,24-,28?;18?,23-,27?;/m00./s1. The van der Waals surface area contributed by atoms with Gasteiger partial charge < -0.3 is 29.6 Å². The molecule has 3 N–H and O–H groups in total. The van der Waals surface area contributed by atoms with Crippen LogP contribution >= 0.6 is 0 Å². The summed E-state index contributed by atoms with van der Waals surface area (Å²) in [6.07, 6.45) is 11.1. The molecule has 382 valence electrons. The monoisotopic (exact) mass is 981 g/mol. The van der Waals surface area contributed by atoms with Gasteiger partial charge in [0.25, 0.3) is 11.1 Å². The van der Waals surface area contributed by atoms with Gasteiger partial charge in [0, 0.05) is 60.4 Å². The molecular weight excluding hydrogens is 909 g/mol. The largest absolute Gasteiger partial charge is 0.481 e. The van der Waals surface area contributed by atoms with Gasteiger partial charge in [-0.2, -0.15) is 0 Å². The number of benzene rings is 2. The highest BCUT2D eigenvalue weighted by molar-refractivity contribution is 5.83. The molecule has 0 aliphatic heterocycles. The quantitative estimate of drug-likeness (QED) is 0.0699. The molecule has 14 heteroatoms. The molecule has 0 bridgehead atoms. The molecule has 6 rings (SSSR count). The van der Waals surface area contributed by atoms with E-state index in [1.165, 1.54) is 28.4 Å². The van der Waals surface area contributed by atoms with Crippen molar-refractivity contribution in [3.05, 3.63) is 175 Å². The van der Waals surface area contributed by atoms with Gasteiger partial charge in [0.05, 0.1) is 32.0 Å². The summed E-state index contributed by atoms with van der Waals surface area (Å²) in [5.41, 5.74) is 10.7. The van der Waals surface area contributed by atoms with Crippen molar-refractivity contribution in [1.29, 1.82) is 0 Å². The number of pyridine rings is 4. The zero-order valence-electron chi connectivity index (χ0n) is 42.8. The van der Waals surface area contributed by atoms with E-state index in [4.69, 9.17) is 4.74 Å². The van der Waals surface area contributed by atoms with Crippen LogP contribution in [0.25, 0.3) is 22.3 Å². The second-order valence-corrected chi connectivity index (χ2v) is 18.6. The SMILES string of the molecule is C.CCC(C)C(C(=O)N[C@@H](CC(=O)O)c1cncc(-c2c(C)cccc2C)c1)n1ccc(C)cc1=O.CCC(C)C(C(=O)N[C@@H](CC(=O)OC)c1cncc(-c2c(C)cccc2C)c1)n1ccc(C)cc1=O. The molecular formula is C58H72N6O8. The molecule has 0 radical (unpaired) electrons. The lowest BCUT2D eigenvalue weighted by atomic mass is 9.94. The Kier molecular flexibility index (Phi) is 20.7. The number of carbonyl (C=O) groups excluding carboxylic acids is 3. The van der Waals surface area contributed by atoms with Crippen molar-refractivity contribution in [2.75, 3.05) is 7.11 Å². The van der Waals surface area contributed by atoms with Gasteiger partial charge in [0.15, 0.2) is 0 Å². The summed E-state index contributed by atoms with van der Waals surface area (Å²) in [6, 6.07) is 19.6. The Morgan fingerprint density at radius 1 is 0.597 bits per heavy atom. The van der Waals surface area contributed by atoms with Crippen LogP contribution in [0.2, 0.25) is 0 Å². The van der Waals surface area contributed by atoms with Crippen LogP contribution in [0.4, 0.5) is 0 Å². The highest BCUT2D eigenvalue weighted by Crippen LogP contribution is 2.32. The second kappa shape index (κ2) is 26.1. The molecule has 6 atom stereocenters. The number of aromatic nitrogens is 4. The summed E-state index contributed by atoms with van der Waals surface area (Å²) in [5, 5.41) is 15.5. The predicted molar refractivity (Wildman–Crippen MR) is 284 cm³/mol. The Labute approximate surface area is 423 Å². The highest BCUT2D eigenvalue weighted by atomic mass is 16.5. The van der Waals surface area contributed by atoms with E-state index in [1.54, 1.807) is 43.2 Å². The molecule has 4 aromatic heterocycles. The number of nitrogens with one attached hydrogen (secondary N) is 2. The van der Waals surface area contributed by atoms with Crippen LogP contribution in [0.15, 0.2) is 120 Å². The minimum absolute atomic E-state index is 0. The number of carboxylic acids is 1. The summed E-state index contributed by atoms with van der Waals surface area (Å²) in [7, 11) is 1.32. The van der Waals surface area contributed by atoms with Gasteiger partial charge in [0.2, 0.25) is 11.8 Å². The Bertz CT molecular complexity index is 2940. The molecule has 6 aromatic rings. The first-order chi connectivity index (χ1) is 33.8. The number of hydrogen-bond acceptors (Lipinski definition) is 9. The van der Waals surface area contributed by atoms with Gasteiger partial charge >= 0.3 is 11.9 Å². The molecule has 0 aliphatic rings. The smallest absolute Gasteiger partial charge is 0.307 e. The predicted octanol–water partition coefficient (Wildman–Crippen LogP) is 10.2. The summed E-state index contributed by atoms with van der Waals surface area (Å²) in [5.74, 6) is -2.47. The first kappa shape index (κ1) is 57.1. The van der Waals surface area contributed by atoms with Crippen LogP contribution < -0.4 is 21.8 Å². The lowest BCUT2D eigenvalue weighted by molar-refractivity contribution is -0.142. The van der Waals surface area contributed by atoms with Crippen molar-refractivity contribution in [3.8, 4) is 22.3 Å². The van der Waals surface area contributed by atoms with Gasteiger partial charge in [-0.15, -0.1) is 0 Å².